The van der Waals surface area contributed by atoms with E-state index < -0.39 is 0 Å². The zero-order valence-corrected chi connectivity index (χ0v) is 13.1. The minimum Gasteiger partial charge on any atom is -0.507 e. The van der Waals surface area contributed by atoms with Gasteiger partial charge in [0.25, 0.3) is 5.91 Å². The molecular weight excluding hydrogens is 330 g/mol. The summed E-state index contributed by atoms with van der Waals surface area (Å²) in [5, 5.41) is 10.2. The van der Waals surface area contributed by atoms with Crippen molar-refractivity contribution in [2.45, 2.75) is 24.6 Å². The van der Waals surface area contributed by atoms with Gasteiger partial charge in [-0.25, -0.2) is 0 Å². The predicted molar refractivity (Wildman–Crippen MR) is 80.1 cm³/mol. The SMILES string of the molecule is CC(Br)C1CCN(C(=O)c2cc(Cl)ccc2O)CC1. The number of alkyl halides is 1. The van der Waals surface area contributed by atoms with E-state index in [1.165, 1.54) is 12.1 Å². The second-order valence-electron chi connectivity index (χ2n) is 4.97. The molecule has 2 rings (SSSR count). The molecule has 1 heterocycles. The minimum atomic E-state index is -0.138. The molecule has 0 radical (unpaired) electrons. The molecule has 0 bridgehead atoms. The molecule has 104 valence electrons. The number of phenolic OH excluding ortho intramolecular Hbond substituents is 1. The standard InChI is InChI=1S/C14H17BrClNO2/c1-9(15)10-4-6-17(7-5-10)14(19)12-8-11(16)2-3-13(12)18/h2-3,8-10,18H,4-7H2,1H3. The number of nitrogens with zero attached hydrogens (tertiary/aromatic N) is 1. The van der Waals surface area contributed by atoms with Crippen molar-refractivity contribution >= 4 is 33.4 Å². The predicted octanol–water partition coefficient (Wildman–Crippen LogP) is 3.68. The number of carbonyl (C=O) groups excluding carboxylic acids is 1. The van der Waals surface area contributed by atoms with E-state index in [0.29, 0.717) is 15.8 Å². The summed E-state index contributed by atoms with van der Waals surface area (Å²) in [6, 6.07) is 4.56. The molecule has 1 aliphatic rings. The lowest BCUT2D eigenvalue weighted by molar-refractivity contribution is 0.0688. The number of halogens is 2. The fourth-order valence-electron chi connectivity index (χ4n) is 2.41. The molecule has 5 heteroatoms. The van der Waals surface area contributed by atoms with E-state index in [-0.39, 0.29) is 17.2 Å². The van der Waals surface area contributed by atoms with Crippen molar-refractivity contribution in [3.05, 3.63) is 28.8 Å². The average Bonchev–Trinajstić information content (AvgIpc) is 2.41. The number of phenols is 1. The van der Waals surface area contributed by atoms with Crippen LogP contribution in [0.25, 0.3) is 0 Å². The van der Waals surface area contributed by atoms with Crippen LogP contribution < -0.4 is 0 Å². The van der Waals surface area contributed by atoms with Crippen molar-refractivity contribution in [1.29, 1.82) is 0 Å². The maximum Gasteiger partial charge on any atom is 0.257 e. The van der Waals surface area contributed by atoms with Crippen LogP contribution in [0.3, 0.4) is 0 Å². The van der Waals surface area contributed by atoms with Crippen molar-refractivity contribution in [3.63, 3.8) is 0 Å². The second-order valence-corrected chi connectivity index (χ2v) is 6.85. The molecule has 3 nitrogen and oxygen atoms in total. The van der Waals surface area contributed by atoms with Gasteiger partial charge in [0.1, 0.15) is 5.75 Å². The molecule has 0 aliphatic carbocycles. The molecular formula is C14H17BrClNO2. The number of carbonyl (C=O) groups is 1. The Labute approximate surface area is 126 Å². The van der Waals surface area contributed by atoms with Gasteiger partial charge in [-0.1, -0.05) is 34.5 Å². The van der Waals surface area contributed by atoms with Crippen molar-refractivity contribution in [3.8, 4) is 5.75 Å². The summed E-state index contributed by atoms with van der Waals surface area (Å²) in [7, 11) is 0. The molecule has 1 saturated heterocycles. The summed E-state index contributed by atoms with van der Waals surface area (Å²) in [6.45, 7) is 3.60. The smallest absolute Gasteiger partial charge is 0.257 e. The van der Waals surface area contributed by atoms with Gasteiger partial charge < -0.3 is 10.0 Å². The van der Waals surface area contributed by atoms with Crippen LogP contribution in [-0.4, -0.2) is 33.8 Å². The van der Waals surface area contributed by atoms with Crippen molar-refractivity contribution < 1.29 is 9.90 Å². The van der Waals surface area contributed by atoms with Gasteiger partial charge in [0, 0.05) is 22.9 Å². The van der Waals surface area contributed by atoms with Crippen LogP contribution in [0.15, 0.2) is 18.2 Å². The van der Waals surface area contributed by atoms with E-state index in [4.69, 9.17) is 11.6 Å². The van der Waals surface area contributed by atoms with Crippen LogP contribution in [-0.2, 0) is 0 Å². The highest BCUT2D eigenvalue weighted by atomic mass is 79.9. The lowest BCUT2D eigenvalue weighted by Crippen LogP contribution is -2.40. The van der Waals surface area contributed by atoms with Crippen LogP contribution >= 0.6 is 27.5 Å². The Morgan fingerprint density at radius 3 is 2.68 bits per heavy atom. The molecule has 0 aromatic heterocycles. The van der Waals surface area contributed by atoms with Gasteiger partial charge in [-0.15, -0.1) is 0 Å². The van der Waals surface area contributed by atoms with Gasteiger partial charge in [0.05, 0.1) is 5.56 Å². The molecule has 19 heavy (non-hydrogen) atoms. The highest BCUT2D eigenvalue weighted by Gasteiger charge is 2.27. The third-order valence-electron chi connectivity index (χ3n) is 3.67. The number of hydrogen-bond acceptors (Lipinski definition) is 2. The first-order valence-corrected chi connectivity index (χ1v) is 7.70. The van der Waals surface area contributed by atoms with Crippen molar-refractivity contribution in [1.82, 2.24) is 4.90 Å². The fraction of sp³-hybridized carbons (Fsp3) is 0.500. The van der Waals surface area contributed by atoms with Crippen LogP contribution in [0.4, 0.5) is 0 Å². The quantitative estimate of drug-likeness (QED) is 0.830. The Morgan fingerprint density at radius 1 is 1.47 bits per heavy atom. The highest BCUT2D eigenvalue weighted by molar-refractivity contribution is 9.09. The molecule has 1 aromatic rings. The third kappa shape index (κ3) is 3.42. The maximum atomic E-state index is 12.3. The molecule has 1 fully saturated rings. The Hall–Kier alpha value is -0.740. The van der Waals surface area contributed by atoms with E-state index in [1.54, 1.807) is 11.0 Å². The van der Waals surface area contributed by atoms with Gasteiger partial charge in [-0.3, -0.25) is 4.79 Å². The largest absolute Gasteiger partial charge is 0.507 e. The maximum absolute atomic E-state index is 12.3. The zero-order valence-electron chi connectivity index (χ0n) is 10.8. The molecule has 1 atom stereocenters. The highest BCUT2D eigenvalue weighted by Crippen LogP contribution is 2.28. The van der Waals surface area contributed by atoms with Gasteiger partial charge >= 0.3 is 0 Å². The van der Waals surface area contributed by atoms with Gasteiger partial charge in [0.15, 0.2) is 0 Å². The third-order valence-corrected chi connectivity index (χ3v) is 4.65. The summed E-state index contributed by atoms with van der Waals surface area (Å²) < 4.78 is 0. The molecule has 1 aliphatic heterocycles. The van der Waals surface area contributed by atoms with Crippen LogP contribution in [0.1, 0.15) is 30.1 Å². The number of hydrogen-bond donors (Lipinski definition) is 1. The van der Waals surface area contributed by atoms with E-state index in [0.717, 1.165) is 25.9 Å². The van der Waals surface area contributed by atoms with Crippen LogP contribution in [0, 0.1) is 5.92 Å². The number of amides is 1. The zero-order chi connectivity index (χ0) is 14.0. The topological polar surface area (TPSA) is 40.5 Å². The van der Waals surface area contributed by atoms with Gasteiger partial charge in [-0.2, -0.15) is 0 Å². The molecule has 1 N–H and O–H groups in total. The van der Waals surface area contributed by atoms with Crippen molar-refractivity contribution in [2.75, 3.05) is 13.1 Å². The lowest BCUT2D eigenvalue weighted by Gasteiger charge is -2.33. The minimum absolute atomic E-state index is 0.00890. The van der Waals surface area contributed by atoms with E-state index in [1.807, 2.05) is 0 Å². The first kappa shape index (κ1) is 14.7. The first-order valence-electron chi connectivity index (χ1n) is 6.41. The number of benzene rings is 1. The Kier molecular flexibility index (Phi) is 4.74. The summed E-state index contributed by atoms with van der Waals surface area (Å²) >= 11 is 9.47. The summed E-state index contributed by atoms with van der Waals surface area (Å²) in [4.78, 5) is 14.6. The first-order chi connectivity index (χ1) is 8.99. The van der Waals surface area contributed by atoms with Gasteiger partial charge in [0.2, 0.25) is 0 Å². The lowest BCUT2D eigenvalue weighted by atomic mass is 9.94. The van der Waals surface area contributed by atoms with Gasteiger partial charge in [-0.05, 0) is 37.0 Å². The number of aromatic hydroxyl groups is 1. The number of rotatable bonds is 2. The Balaban J connectivity index is 2.07. The Morgan fingerprint density at radius 2 is 2.11 bits per heavy atom. The van der Waals surface area contributed by atoms with E-state index >= 15 is 0 Å². The molecule has 1 aromatic carbocycles. The Bertz CT molecular complexity index is 471. The number of likely N-dealkylation sites (tertiary alicyclic amines) is 1. The molecule has 0 spiro atoms. The fourth-order valence-corrected chi connectivity index (χ4v) is 3.11. The van der Waals surface area contributed by atoms with Crippen molar-refractivity contribution in [2.24, 2.45) is 5.92 Å². The molecule has 1 amide bonds. The normalized spacial score (nSPS) is 18.4. The summed E-state index contributed by atoms with van der Waals surface area (Å²) in [5.74, 6) is 0.461. The number of piperidine rings is 1. The van der Waals surface area contributed by atoms with Crippen LogP contribution in [0.2, 0.25) is 5.02 Å². The van der Waals surface area contributed by atoms with E-state index in [9.17, 15) is 9.90 Å². The summed E-state index contributed by atoms with van der Waals surface area (Å²) in [6.07, 6.45) is 1.97. The average molecular weight is 347 g/mol. The van der Waals surface area contributed by atoms with E-state index in [2.05, 4.69) is 22.9 Å². The molecule has 1 unspecified atom stereocenters. The summed E-state index contributed by atoms with van der Waals surface area (Å²) in [5.41, 5.74) is 0.290. The van der Waals surface area contributed by atoms with Crippen LogP contribution in [0.5, 0.6) is 5.75 Å². The second kappa shape index (κ2) is 6.14. The monoisotopic (exact) mass is 345 g/mol. The molecule has 0 saturated carbocycles.